The van der Waals surface area contributed by atoms with Gasteiger partial charge in [-0.3, -0.25) is 9.89 Å². The van der Waals surface area contributed by atoms with Crippen LogP contribution in [-0.2, 0) is 10.0 Å². The van der Waals surface area contributed by atoms with Gasteiger partial charge in [0, 0.05) is 45.3 Å². The van der Waals surface area contributed by atoms with Crippen molar-refractivity contribution in [3.05, 3.63) is 0 Å². The maximum Gasteiger partial charge on any atom is 0.208 e. The molecule has 2 N–H and O–H groups in total. The molecule has 2 aliphatic rings. The lowest BCUT2D eigenvalue weighted by Gasteiger charge is -2.43. The maximum absolute atomic E-state index is 11.2. The van der Waals surface area contributed by atoms with Crippen molar-refractivity contribution in [2.24, 2.45) is 16.8 Å². The SMILES string of the molecule is CCNC(=NCCNS(C)(=O)=O)N1CCN(C2CCC(C(C)C)CC2)CC1.I. The van der Waals surface area contributed by atoms with Crippen molar-refractivity contribution < 1.29 is 8.42 Å². The molecule has 0 bridgehead atoms. The van der Waals surface area contributed by atoms with E-state index in [4.69, 9.17) is 0 Å². The zero-order chi connectivity index (χ0) is 19.9. The van der Waals surface area contributed by atoms with Crippen molar-refractivity contribution in [1.82, 2.24) is 19.8 Å². The molecule has 166 valence electrons. The molecule has 7 nitrogen and oxygen atoms in total. The standard InChI is InChI=1S/C19H39N5O2S.HI/c1-5-20-19(21-10-11-22-27(4,25)26)24-14-12-23(13-15-24)18-8-6-17(7-9-18)16(2)3;/h16-18,22H,5-15H2,1-4H3,(H,20,21);1H. The van der Waals surface area contributed by atoms with Gasteiger partial charge in [-0.15, -0.1) is 24.0 Å². The minimum Gasteiger partial charge on any atom is -0.357 e. The molecule has 28 heavy (non-hydrogen) atoms. The fraction of sp³-hybridized carbons (Fsp3) is 0.947. The second-order valence-electron chi connectivity index (χ2n) is 8.24. The van der Waals surface area contributed by atoms with Crippen molar-refractivity contribution in [1.29, 1.82) is 0 Å². The van der Waals surface area contributed by atoms with Gasteiger partial charge in [-0.1, -0.05) is 13.8 Å². The fourth-order valence-electron chi connectivity index (χ4n) is 4.25. The predicted octanol–water partition coefficient (Wildman–Crippen LogP) is 1.95. The first-order chi connectivity index (χ1) is 12.8. The Morgan fingerprint density at radius 2 is 1.71 bits per heavy atom. The van der Waals surface area contributed by atoms with Gasteiger partial charge in [0.05, 0.1) is 12.8 Å². The van der Waals surface area contributed by atoms with Gasteiger partial charge in [0.1, 0.15) is 0 Å². The van der Waals surface area contributed by atoms with E-state index in [0.717, 1.165) is 56.6 Å². The topological polar surface area (TPSA) is 77.0 Å². The molecule has 0 aromatic rings. The van der Waals surface area contributed by atoms with Gasteiger partial charge in [-0.25, -0.2) is 13.1 Å². The fourth-order valence-corrected chi connectivity index (χ4v) is 4.71. The summed E-state index contributed by atoms with van der Waals surface area (Å²) in [5, 5.41) is 3.34. The second kappa shape index (κ2) is 12.5. The average molecular weight is 530 g/mol. The molecule has 0 spiro atoms. The lowest BCUT2D eigenvalue weighted by molar-refractivity contribution is 0.0864. The summed E-state index contributed by atoms with van der Waals surface area (Å²) in [6.07, 6.45) is 6.61. The van der Waals surface area contributed by atoms with Crippen LogP contribution in [0.5, 0.6) is 0 Å². The van der Waals surface area contributed by atoms with Crippen LogP contribution in [0.15, 0.2) is 4.99 Å². The molecule has 0 radical (unpaired) electrons. The summed E-state index contributed by atoms with van der Waals surface area (Å²) in [7, 11) is -3.15. The molecule has 0 aromatic heterocycles. The predicted molar refractivity (Wildman–Crippen MR) is 128 cm³/mol. The van der Waals surface area contributed by atoms with E-state index >= 15 is 0 Å². The summed E-state index contributed by atoms with van der Waals surface area (Å²) in [4.78, 5) is 9.57. The highest BCUT2D eigenvalue weighted by molar-refractivity contribution is 14.0. The number of piperazine rings is 1. The van der Waals surface area contributed by atoms with E-state index in [-0.39, 0.29) is 24.0 Å². The molecule has 9 heteroatoms. The number of guanidine groups is 1. The Labute approximate surface area is 189 Å². The van der Waals surface area contributed by atoms with Gasteiger partial charge in [-0.05, 0) is 44.4 Å². The van der Waals surface area contributed by atoms with Crippen LogP contribution < -0.4 is 10.0 Å². The number of aliphatic imine (C=N–C) groups is 1. The molecule has 2 rings (SSSR count). The third kappa shape index (κ3) is 8.71. The van der Waals surface area contributed by atoms with E-state index < -0.39 is 10.0 Å². The van der Waals surface area contributed by atoms with Crippen LogP contribution in [0.4, 0.5) is 0 Å². The van der Waals surface area contributed by atoms with Crippen molar-refractivity contribution in [3.8, 4) is 0 Å². The quantitative estimate of drug-likeness (QED) is 0.228. The van der Waals surface area contributed by atoms with Crippen molar-refractivity contribution in [2.45, 2.75) is 52.5 Å². The van der Waals surface area contributed by atoms with Crippen LogP contribution >= 0.6 is 24.0 Å². The highest BCUT2D eigenvalue weighted by atomic mass is 127. The van der Waals surface area contributed by atoms with Crippen molar-refractivity contribution in [3.63, 3.8) is 0 Å². The van der Waals surface area contributed by atoms with Crippen LogP contribution in [0.25, 0.3) is 0 Å². The average Bonchev–Trinajstić information content (AvgIpc) is 2.64. The molecule has 1 saturated heterocycles. The number of rotatable bonds is 7. The van der Waals surface area contributed by atoms with E-state index in [1.807, 2.05) is 0 Å². The highest BCUT2D eigenvalue weighted by Gasteiger charge is 2.29. The smallest absolute Gasteiger partial charge is 0.208 e. The summed E-state index contributed by atoms with van der Waals surface area (Å²) in [6, 6.07) is 0.751. The number of nitrogens with zero attached hydrogens (tertiary/aromatic N) is 3. The van der Waals surface area contributed by atoms with Crippen LogP contribution in [-0.4, -0.2) is 82.3 Å². The molecular weight excluding hydrogens is 489 g/mol. The molecule has 1 heterocycles. The van der Waals surface area contributed by atoms with Gasteiger partial charge in [0.25, 0.3) is 0 Å². The number of hydrogen-bond donors (Lipinski definition) is 2. The van der Waals surface area contributed by atoms with Gasteiger partial charge >= 0.3 is 0 Å². The lowest BCUT2D eigenvalue weighted by atomic mass is 9.79. The summed E-state index contributed by atoms with van der Waals surface area (Å²) < 4.78 is 24.8. The molecule has 2 fully saturated rings. The van der Waals surface area contributed by atoms with Gasteiger partial charge in [0.2, 0.25) is 10.0 Å². The van der Waals surface area contributed by atoms with Crippen LogP contribution in [0.3, 0.4) is 0 Å². The minimum atomic E-state index is -3.15. The first-order valence-electron chi connectivity index (χ1n) is 10.5. The zero-order valence-electron chi connectivity index (χ0n) is 18.0. The van der Waals surface area contributed by atoms with Gasteiger partial charge in [-0.2, -0.15) is 0 Å². The Balaban J connectivity index is 0.00000392. The number of sulfonamides is 1. The highest BCUT2D eigenvalue weighted by Crippen LogP contribution is 2.32. The normalized spacial score (nSPS) is 24.9. The Morgan fingerprint density at radius 3 is 2.21 bits per heavy atom. The molecule has 1 aliphatic carbocycles. The molecule has 0 atom stereocenters. The molecule has 0 aromatic carbocycles. The van der Waals surface area contributed by atoms with Crippen LogP contribution in [0.2, 0.25) is 0 Å². The largest absolute Gasteiger partial charge is 0.357 e. The third-order valence-corrected chi connectivity index (χ3v) is 6.62. The first kappa shape index (κ1) is 25.9. The summed E-state index contributed by atoms with van der Waals surface area (Å²) in [5.41, 5.74) is 0. The lowest BCUT2D eigenvalue weighted by Crippen LogP contribution is -2.55. The van der Waals surface area contributed by atoms with Crippen molar-refractivity contribution in [2.75, 3.05) is 52.1 Å². The summed E-state index contributed by atoms with van der Waals surface area (Å²) >= 11 is 0. The number of hydrogen-bond acceptors (Lipinski definition) is 4. The van der Waals surface area contributed by atoms with E-state index in [1.165, 1.54) is 31.9 Å². The van der Waals surface area contributed by atoms with Crippen LogP contribution in [0.1, 0.15) is 46.5 Å². The molecule has 0 unspecified atom stereocenters. The van der Waals surface area contributed by atoms with Gasteiger partial charge in [0.15, 0.2) is 5.96 Å². The molecule has 0 amide bonds. The molecule has 1 saturated carbocycles. The van der Waals surface area contributed by atoms with E-state index in [2.05, 4.69) is 45.6 Å². The summed E-state index contributed by atoms with van der Waals surface area (Å²) in [5.74, 6) is 2.63. The molecule has 1 aliphatic heterocycles. The monoisotopic (exact) mass is 529 g/mol. The zero-order valence-corrected chi connectivity index (χ0v) is 21.1. The van der Waals surface area contributed by atoms with E-state index in [0.29, 0.717) is 13.1 Å². The summed E-state index contributed by atoms with van der Waals surface area (Å²) in [6.45, 7) is 12.5. The number of halogens is 1. The first-order valence-corrected chi connectivity index (χ1v) is 12.4. The third-order valence-electron chi connectivity index (χ3n) is 5.89. The maximum atomic E-state index is 11.2. The Kier molecular flexibility index (Phi) is 11.6. The minimum absolute atomic E-state index is 0. The van der Waals surface area contributed by atoms with Crippen molar-refractivity contribution >= 4 is 40.0 Å². The molecular formula is C19H40IN5O2S. The van der Waals surface area contributed by atoms with Crippen LogP contribution in [0, 0.1) is 11.8 Å². The van der Waals surface area contributed by atoms with E-state index in [1.54, 1.807) is 0 Å². The Hall–Kier alpha value is -0.130. The Bertz CT molecular complexity index is 569. The van der Waals surface area contributed by atoms with E-state index in [9.17, 15) is 8.42 Å². The number of nitrogens with one attached hydrogen (secondary N) is 2. The Morgan fingerprint density at radius 1 is 1.11 bits per heavy atom. The van der Waals surface area contributed by atoms with Gasteiger partial charge < -0.3 is 10.2 Å². The second-order valence-corrected chi connectivity index (χ2v) is 10.1.